The van der Waals surface area contributed by atoms with Gasteiger partial charge in [0.05, 0.1) is 0 Å². The number of hydrogen-bond acceptors (Lipinski definition) is 4. The van der Waals surface area contributed by atoms with Crippen molar-refractivity contribution in [2.75, 3.05) is 31.1 Å². The lowest BCUT2D eigenvalue weighted by molar-refractivity contribution is -0.141. The molecular weight excluding hydrogens is 321 g/mol. The summed E-state index contributed by atoms with van der Waals surface area (Å²) >= 11 is 0. The Morgan fingerprint density at radius 2 is 1.71 bits per heavy atom. The van der Waals surface area contributed by atoms with E-state index in [9.17, 15) is 18.0 Å². The van der Waals surface area contributed by atoms with Crippen LogP contribution in [0.15, 0.2) is 12.3 Å². The summed E-state index contributed by atoms with van der Waals surface area (Å²) in [6.07, 6.45) is -3.32. The Balaban J connectivity index is 1.68. The maximum Gasteiger partial charge on any atom is 0.433 e. The van der Waals surface area contributed by atoms with E-state index in [-0.39, 0.29) is 23.7 Å². The number of carbonyl (C=O) groups excluding carboxylic acids is 1. The van der Waals surface area contributed by atoms with Crippen LogP contribution in [-0.2, 0) is 11.0 Å². The van der Waals surface area contributed by atoms with E-state index in [1.807, 2.05) is 25.7 Å². The minimum absolute atomic E-state index is 0.118. The largest absolute Gasteiger partial charge is 0.433 e. The molecule has 0 aromatic carbocycles. The van der Waals surface area contributed by atoms with E-state index in [4.69, 9.17) is 0 Å². The van der Waals surface area contributed by atoms with Gasteiger partial charge in [-0.25, -0.2) is 9.97 Å². The maximum atomic E-state index is 12.8. The van der Waals surface area contributed by atoms with Crippen molar-refractivity contribution < 1.29 is 18.0 Å². The molecule has 5 nitrogen and oxygen atoms in total. The summed E-state index contributed by atoms with van der Waals surface area (Å²) in [5.41, 5.74) is -1.34. The van der Waals surface area contributed by atoms with Gasteiger partial charge in [0.1, 0.15) is 5.69 Å². The third-order valence-electron chi connectivity index (χ3n) is 4.63. The second-order valence-electron chi connectivity index (χ2n) is 7.62. The molecule has 0 bridgehead atoms. The normalized spacial score (nSPS) is 24.4. The van der Waals surface area contributed by atoms with Crippen LogP contribution in [0, 0.1) is 17.3 Å². The predicted molar refractivity (Wildman–Crippen MR) is 82.3 cm³/mol. The Labute approximate surface area is 138 Å². The van der Waals surface area contributed by atoms with Crippen LogP contribution >= 0.6 is 0 Å². The number of halogens is 3. The third-order valence-corrected chi connectivity index (χ3v) is 4.63. The van der Waals surface area contributed by atoms with Crippen LogP contribution < -0.4 is 4.90 Å². The molecule has 2 unspecified atom stereocenters. The summed E-state index contributed by atoms with van der Waals surface area (Å²) in [7, 11) is 0. The topological polar surface area (TPSA) is 49.3 Å². The van der Waals surface area contributed by atoms with Crippen LogP contribution in [0.25, 0.3) is 0 Å². The lowest BCUT2D eigenvalue weighted by Gasteiger charge is -2.27. The summed E-state index contributed by atoms with van der Waals surface area (Å²) in [5.74, 6) is 0.760. The molecular formula is C16H21F3N4O. The van der Waals surface area contributed by atoms with E-state index in [0.717, 1.165) is 12.3 Å². The average Bonchev–Trinajstić information content (AvgIpc) is 3.03. The molecule has 2 aliphatic rings. The highest BCUT2D eigenvalue weighted by atomic mass is 19.4. The smallest absolute Gasteiger partial charge is 0.342 e. The minimum Gasteiger partial charge on any atom is -0.342 e. The van der Waals surface area contributed by atoms with Crippen molar-refractivity contribution in [3.8, 4) is 0 Å². The van der Waals surface area contributed by atoms with Crippen molar-refractivity contribution in [1.82, 2.24) is 14.9 Å². The summed E-state index contributed by atoms with van der Waals surface area (Å²) in [6, 6.07) is 0.879. The first-order valence-electron chi connectivity index (χ1n) is 8.00. The van der Waals surface area contributed by atoms with E-state index in [1.165, 1.54) is 0 Å². The maximum absolute atomic E-state index is 12.8. The Kier molecular flexibility index (Phi) is 3.96. The van der Waals surface area contributed by atoms with Gasteiger partial charge in [-0.1, -0.05) is 20.8 Å². The van der Waals surface area contributed by atoms with Crippen molar-refractivity contribution in [3.05, 3.63) is 18.0 Å². The van der Waals surface area contributed by atoms with Gasteiger partial charge >= 0.3 is 6.18 Å². The number of carbonyl (C=O) groups is 1. The van der Waals surface area contributed by atoms with E-state index in [2.05, 4.69) is 9.97 Å². The first-order valence-corrected chi connectivity index (χ1v) is 8.00. The molecule has 0 radical (unpaired) electrons. The van der Waals surface area contributed by atoms with E-state index >= 15 is 0 Å². The Hall–Kier alpha value is -1.86. The molecule has 0 aliphatic carbocycles. The number of amides is 1. The molecule has 3 rings (SSSR count). The number of hydrogen-bond donors (Lipinski definition) is 0. The molecule has 2 saturated heterocycles. The lowest BCUT2D eigenvalue weighted by Crippen LogP contribution is -2.40. The molecule has 1 aromatic heterocycles. The van der Waals surface area contributed by atoms with Gasteiger partial charge in [-0.15, -0.1) is 0 Å². The second kappa shape index (κ2) is 5.60. The molecule has 0 saturated carbocycles. The van der Waals surface area contributed by atoms with Crippen molar-refractivity contribution >= 4 is 11.9 Å². The zero-order valence-corrected chi connectivity index (χ0v) is 14.0. The quantitative estimate of drug-likeness (QED) is 0.787. The predicted octanol–water partition coefficient (Wildman–Crippen LogP) is 2.44. The highest BCUT2D eigenvalue weighted by molar-refractivity contribution is 5.81. The summed E-state index contributed by atoms with van der Waals surface area (Å²) in [5, 5.41) is 0. The highest BCUT2D eigenvalue weighted by Crippen LogP contribution is 2.35. The molecule has 1 aromatic rings. The molecule has 132 valence electrons. The molecule has 24 heavy (non-hydrogen) atoms. The van der Waals surface area contributed by atoms with Gasteiger partial charge in [-0.05, 0) is 6.07 Å². The van der Waals surface area contributed by atoms with E-state index in [0.29, 0.717) is 26.2 Å². The molecule has 0 N–H and O–H groups in total. The van der Waals surface area contributed by atoms with Crippen molar-refractivity contribution in [3.63, 3.8) is 0 Å². The van der Waals surface area contributed by atoms with Crippen LogP contribution in [0.3, 0.4) is 0 Å². The molecule has 2 atom stereocenters. The monoisotopic (exact) mass is 342 g/mol. The van der Waals surface area contributed by atoms with Gasteiger partial charge < -0.3 is 9.80 Å². The number of fused-ring (bicyclic) bond motifs is 1. The zero-order chi connectivity index (χ0) is 17.7. The van der Waals surface area contributed by atoms with Crippen LogP contribution in [0.4, 0.5) is 19.1 Å². The second-order valence-corrected chi connectivity index (χ2v) is 7.62. The Morgan fingerprint density at radius 3 is 2.21 bits per heavy atom. The number of anilines is 1. The average molecular weight is 342 g/mol. The van der Waals surface area contributed by atoms with E-state index in [1.54, 1.807) is 4.90 Å². The van der Waals surface area contributed by atoms with Crippen LogP contribution in [-0.4, -0.2) is 47.0 Å². The molecule has 2 aliphatic heterocycles. The Bertz CT molecular complexity index is 627. The van der Waals surface area contributed by atoms with Gasteiger partial charge in [0.25, 0.3) is 0 Å². The Morgan fingerprint density at radius 1 is 1.12 bits per heavy atom. The van der Waals surface area contributed by atoms with Crippen molar-refractivity contribution in [2.24, 2.45) is 17.3 Å². The van der Waals surface area contributed by atoms with E-state index < -0.39 is 17.3 Å². The van der Waals surface area contributed by atoms with Gasteiger partial charge in [0, 0.05) is 49.6 Å². The van der Waals surface area contributed by atoms with Gasteiger partial charge in [-0.2, -0.15) is 13.2 Å². The number of aromatic nitrogens is 2. The fourth-order valence-corrected chi connectivity index (χ4v) is 3.46. The molecule has 1 amide bonds. The van der Waals surface area contributed by atoms with Crippen molar-refractivity contribution in [1.29, 1.82) is 0 Å². The highest BCUT2D eigenvalue weighted by Gasteiger charge is 2.44. The lowest BCUT2D eigenvalue weighted by atomic mass is 9.95. The van der Waals surface area contributed by atoms with Crippen molar-refractivity contribution in [2.45, 2.75) is 26.9 Å². The molecule has 3 heterocycles. The fraction of sp³-hybridized carbons (Fsp3) is 0.688. The minimum atomic E-state index is -4.47. The number of rotatable bonds is 1. The molecule has 0 spiro atoms. The first-order chi connectivity index (χ1) is 11.1. The third kappa shape index (κ3) is 3.18. The SMILES string of the molecule is CC(C)(C)C(=O)N1CC2CN(c3nccc(C(F)(F)F)n3)CC2C1. The first kappa shape index (κ1) is 17.0. The van der Waals surface area contributed by atoms with Crippen LogP contribution in [0.2, 0.25) is 0 Å². The number of likely N-dealkylation sites (tertiary alicyclic amines) is 1. The molecule has 8 heteroatoms. The summed E-state index contributed by atoms with van der Waals surface area (Å²) in [4.78, 5) is 23.7. The zero-order valence-electron chi connectivity index (χ0n) is 14.0. The van der Waals surface area contributed by atoms with Gasteiger partial charge in [0.15, 0.2) is 0 Å². The van der Waals surface area contributed by atoms with Crippen LogP contribution in [0.1, 0.15) is 26.5 Å². The number of nitrogens with zero attached hydrogens (tertiary/aromatic N) is 4. The summed E-state index contributed by atoms with van der Waals surface area (Å²) < 4.78 is 38.4. The molecule has 2 fully saturated rings. The van der Waals surface area contributed by atoms with Gasteiger partial charge in [0.2, 0.25) is 11.9 Å². The fourth-order valence-electron chi connectivity index (χ4n) is 3.46. The number of alkyl halides is 3. The standard InChI is InChI=1S/C16H21F3N4O/c1-15(2,3)13(24)22-6-10-8-23(9-11(10)7-22)14-20-5-4-12(21-14)16(17,18)19/h4-5,10-11H,6-9H2,1-3H3. The summed E-state index contributed by atoms with van der Waals surface area (Å²) in [6.45, 7) is 8.15. The van der Waals surface area contributed by atoms with Gasteiger partial charge in [-0.3, -0.25) is 4.79 Å². The van der Waals surface area contributed by atoms with Crippen LogP contribution in [0.5, 0.6) is 0 Å².